The van der Waals surface area contributed by atoms with E-state index in [1.165, 1.54) is 30.3 Å². The van der Waals surface area contributed by atoms with Crippen LogP contribution in [0.3, 0.4) is 0 Å². The smallest absolute Gasteiger partial charge is 0.257 e. The summed E-state index contributed by atoms with van der Waals surface area (Å²) in [5.41, 5.74) is 12.5. The number of nitrogen functional groups attached to an aromatic ring is 2. The maximum atomic E-state index is 12.1. The van der Waals surface area contributed by atoms with E-state index in [1.807, 2.05) is 0 Å². The van der Waals surface area contributed by atoms with E-state index in [-0.39, 0.29) is 16.1 Å². The van der Waals surface area contributed by atoms with Gasteiger partial charge in [-0.25, -0.2) is 13.6 Å². The number of anilines is 3. The van der Waals surface area contributed by atoms with Gasteiger partial charge < -0.3 is 16.8 Å². The Morgan fingerprint density at radius 1 is 1.05 bits per heavy atom. The predicted molar refractivity (Wildman–Crippen MR) is 81.0 cm³/mol. The number of nitrogens with one attached hydrogen (secondary N) is 1. The van der Waals surface area contributed by atoms with E-state index in [9.17, 15) is 13.2 Å². The molecule has 8 heteroatoms. The zero-order valence-electron chi connectivity index (χ0n) is 10.9. The first-order valence-corrected chi connectivity index (χ1v) is 7.41. The van der Waals surface area contributed by atoms with Crippen molar-refractivity contribution in [1.29, 1.82) is 0 Å². The Morgan fingerprint density at radius 3 is 2.38 bits per heavy atom. The van der Waals surface area contributed by atoms with Crippen molar-refractivity contribution >= 4 is 33.0 Å². The molecule has 0 aliphatic carbocycles. The Bertz CT molecular complexity index is 803. The third-order valence-electron chi connectivity index (χ3n) is 2.74. The van der Waals surface area contributed by atoms with E-state index < -0.39 is 15.9 Å². The number of rotatable bonds is 3. The summed E-state index contributed by atoms with van der Waals surface area (Å²) in [6.45, 7) is 0. The number of carbonyl (C=O) groups excluding carboxylic acids is 1. The lowest BCUT2D eigenvalue weighted by molar-refractivity contribution is 0.102. The van der Waals surface area contributed by atoms with Crippen LogP contribution in [0.4, 0.5) is 17.1 Å². The van der Waals surface area contributed by atoms with Crippen molar-refractivity contribution in [2.24, 2.45) is 5.14 Å². The van der Waals surface area contributed by atoms with Crippen molar-refractivity contribution in [3.8, 4) is 0 Å². The molecule has 2 rings (SSSR count). The summed E-state index contributed by atoms with van der Waals surface area (Å²) >= 11 is 0. The van der Waals surface area contributed by atoms with Gasteiger partial charge in [-0.3, -0.25) is 4.79 Å². The average molecular weight is 306 g/mol. The lowest BCUT2D eigenvalue weighted by Gasteiger charge is -2.09. The van der Waals surface area contributed by atoms with Gasteiger partial charge in [0, 0.05) is 17.1 Å². The fourth-order valence-corrected chi connectivity index (χ4v) is 2.30. The first-order chi connectivity index (χ1) is 9.77. The lowest BCUT2D eigenvalue weighted by atomic mass is 10.1. The van der Waals surface area contributed by atoms with Crippen LogP contribution in [0.5, 0.6) is 0 Å². The van der Waals surface area contributed by atoms with E-state index in [0.29, 0.717) is 11.4 Å². The zero-order valence-corrected chi connectivity index (χ0v) is 11.7. The van der Waals surface area contributed by atoms with Crippen LogP contribution in [0.2, 0.25) is 0 Å². The number of hydrogen-bond donors (Lipinski definition) is 4. The molecule has 7 N–H and O–H groups in total. The minimum Gasteiger partial charge on any atom is -0.399 e. The molecule has 0 fully saturated rings. The van der Waals surface area contributed by atoms with Crippen molar-refractivity contribution < 1.29 is 13.2 Å². The van der Waals surface area contributed by atoms with Crippen molar-refractivity contribution in [3.05, 3.63) is 48.0 Å². The second-order valence-corrected chi connectivity index (χ2v) is 5.94. The molecule has 7 nitrogen and oxygen atoms in total. The van der Waals surface area contributed by atoms with Gasteiger partial charge in [-0.2, -0.15) is 0 Å². The summed E-state index contributed by atoms with van der Waals surface area (Å²) in [6.07, 6.45) is 0. The number of nitrogens with two attached hydrogens (primary N) is 3. The van der Waals surface area contributed by atoms with Gasteiger partial charge in [0.2, 0.25) is 10.0 Å². The van der Waals surface area contributed by atoms with Crippen LogP contribution in [-0.4, -0.2) is 14.3 Å². The Hall–Kier alpha value is -2.58. The third kappa shape index (κ3) is 3.50. The highest BCUT2D eigenvalue weighted by atomic mass is 32.2. The van der Waals surface area contributed by atoms with Gasteiger partial charge in [0.15, 0.2) is 0 Å². The van der Waals surface area contributed by atoms with Crippen LogP contribution in [0.1, 0.15) is 10.4 Å². The molecule has 1 amide bonds. The topological polar surface area (TPSA) is 141 Å². The van der Waals surface area contributed by atoms with E-state index in [2.05, 4.69) is 5.32 Å². The summed E-state index contributed by atoms with van der Waals surface area (Å²) < 4.78 is 22.5. The molecule has 21 heavy (non-hydrogen) atoms. The van der Waals surface area contributed by atoms with Gasteiger partial charge in [-0.15, -0.1) is 0 Å². The van der Waals surface area contributed by atoms with Gasteiger partial charge in [0.25, 0.3) is 5.91 Å². The van der Waals surface area contributed by atoms with Crippen molar-refractivity contribution in [3.63, 3.8) is 0 Å². The number of benzene rings is 2. The zero-order chi connectivity index (χ0) is 15.6. The van der Waals surface area contributed by atoms with Gasteiger partial charge in [-0.05, 0) is 36.4 Å². The fourth-order valence-electron chi connectivity index (χ4n) is 1.74. The van der Waals surface area contributed by atoms with Crippen molar-refractivity contribution in [2.45, 2.75) is 4.90 Å². The van der Waals surface area contributed by atoms with E-state index >= 15 is 0 Å². The van der Waals surface area contributed by atoms with E-state index in [4.69, 9.17) is 16.6 Å². The number of hydrogen-bond acceptors (Lipinski definition) is 5. The molecule has 0 aliphatic rings. The Balaban J connectivity index is 2.28. The van der Waals surface area contributed by atoms with Gasteiger partial charge in [0.1, 0.15) is 0 Å². The standard InChI is InChI=1S/C13H14N4O3S/c14-8-4-5-11(12(15)6-8)13(18)17-9-2-1-3-10(7-9)21(16,19)20/h1-7H,14-15H2,(H,17,18)(H2,16,19,20). The second kappa shape index (κ2) is 5.43. The van der Waals surface area contributed by atoms with Crippen LogP contribution in [0.25, 0.3) is 0 Å². The summed E-state index contributed by atoms with van der Waals surface area (Å²) in [6, 6.07) is 10.1. The fraction of sp³-hybridized carbons (Fsp3) is 0. The Kier molecular flexibility index (Phi) is 3.83. The number of sulfonamides is 1. The maximum absolute atomic E-state index is 12.1. The van der Waals surface area contributed by atoms with Gasteiger partial charge in [-0.1, -0.05) is 6.07 Å². The first-order valence-electron chi connectivity index (χ1n) is 5.86. The summed E-state index contributed by atoms with van der Waals surface area (Å²) in [5.74, 6) is -0.473. The molecular weight excluding hydrogens is 292 g/mol. The molecule has 2 aromatic carbocycles. The minimum absolute atomic E-state index is 0.0921. The Morgan fingerprint density at radius 2 is 1.76 bits per heavy atom. The number of primary sulfonamides is 1. The summed E-state index contributed by atoms with van der Waals surface area (Å²) in [5, 5.41) is 7.59. The van der Waals surface area contributed by atoms with Crippen LogP contribution in [0, 0.1) is 0 Å². The molecule has 0 bridgehead atoms. The van der Waals surface area contributed by atoms with Crippen LogP contribution in [0.15, 0.2) is 47.4 Å². The lowest BCUT2D eigenvalue weighted by Crippen LogP contribution is -2.16. The highest BCUT2D eigenvalue weighted by molar-refractivity contribution is 7.89. The maximum Gasteiger partial charge on any atom is 0.257 e. The molecule has 0 atom stereocenters. The highest BCUT2D eigenvalue weighted by Gasteiger charge is 2.12. The van der Waals surface area contributed by atoms with Crippen molar-refractivity contribution in [1.82, 2.24) is 0 Å². The normalized spacial score (nSPS) is 11.1. The predicted octanol–water partition coefficient (Wildman–Crippen LogP) is 0.751. The van der Waals surface area contributed by atoms with Gasteiger partial charge >= 0.3 is 0 Å². The summed E-state index contributed by atoms with van der Waals surface area (Å²) in [7, 11) is -3.83. The molecular formula is C13H14N4O3S. The first kappa shape index (κ1) is 14.8. The number of carbonyl (C=O) groups is 1. The van der Waals surface area contributed by atoms with Crippen LogP contribution >= 0.6 is 0 Å². The molecule has 0 radical (unpaired) electrons. The van der Waals surface area contributed by atoms with Crippen molar-refractivity contribution in [2.75, 3.05) is 16.8 Å². The van der Waals surface area contributed by atoms with E-state index in [0.717, 1.165) is 0 Å². The molecule has 0 saturated heterocycles. The quantitative estimate of drug-likeness (QED) is 0.619. The molecule has 110 valence electrons. The summed E-state index contributed by atoms with van der Waals surface area (Å²) in [4.78, 5) is 12.0. The SMILES string of the molecule is Nc1ccc(C(=O)Nc2cccc(S(N)(=O)=O)c2)c(N)c1. The van der Waals surface area contributed by atoms with Crippen LogP contribution < -0.4 is 21.9 Å². The molecule has 0 aromatic heterocycles. The van der Waals surface area contributed by atoms with Crippen LogP contribution in [-0.2, 0) is 10.0 Å². The molecule has 0 aliphatic heterocycles. The average Bonchev–Trinajstić information content (AvgIpc) is 2.37. The third-order valence-corrected chi connectivity index (χ3v) is 3.65. The molecule has 2 aromatic rings. The molecule has 0 saturated carbocycles. The monoisotopic (exact) mass is 306 g/mol. The minimum atomic E-state index is -3.83. The molecule has 0 heterocycles. The number of amides is 1. The molecule has 0 spiro atoms. The van der Waals surface area contributed by atoms with Gasteiger partial charge in [0.05, 0.1) is 10.5 Å². The largest absolute Gasteiger partial charge is 0.399 e. The van der Waals surface area contributed by atoms with E-state index in [1.54, 1.807) is 12.1 Å². The molecule has 0 unspecified atom stereocenters. The second-order valence-electron chi connectivity index (χ2n) is 4.37. The Labute approximate surface area is 121 Å². The highest BCUT2D eigenvalue weighted by Crippen LogP contribution is 2.19.